The maximum Gasteiger partial charge on any atom is 0.231 e. The van der Waals surface area contributed by atoms with Crippen LogP contribution in [-0.4, -0.2) is 58.3 Å². The number of morpholine rings is 1. The van der Waals surface area contributed by atoms with Crippen molar-refractivity contribution in [2.75, 3.05) is 37.0 Å². The van der Waals surface area contributed by atoms with Crippen molar-refractivity contribution in [1.82, 2.24) is 20.1 Å². The van der Waals surface area contributed by atoms with Gasteiger partial charge in [-0.25, -0.2) is 0 Å². The summed E-state index contributed by atoms with van der Waals surface area (Å²) in [6, 6.07) is 2.27. The molecule has 8 nitrogen and oxygen atoms in total. The molecular weight excluding hydrogens is 328 g/mol. The van der Waals surface area contributed by atoms with Crippen LogP contribution < -0.4 is 10.2 Å². The molecule has 0 radical (unpaired) electrons. The number of nitrogens with one attached hydrogen (secondary N) is 1. The number of carbonyl (C=O) groups excluding carboxylic acids is 1. The van der Waals surface area contributed by atoms with Crippen LogP contribution in [0.2, 0.25) is 0 Å². The Morgan fingerprint density at radius 3 is 2.75 bits per heavy atom. The van der Waals surface area contributed by atoms with Gasteiger partial charge in [-0.05, 0) is 25.7 Å². The van der Waals surface area contributed by atoms with E-state index in [9.17, 15) is 10.1 Å². The van der Waals surface area contributed by atoms with E-state index < -0.39 is 5.54 Å². The minimum atomic E-state index is -0.670. The Balaban J connectivity index is 1.56. The lowest BCUT2D eigenvalue weighted by Crippen LogP contribution is -2.45. The zero-order valence-corrected chi connectivity index (χ0v) is 14.6. The van der Waals surface area contributed by atoms with Crippen molar-refractivity contribution in [2.24, 2.45) is 7.05 Å². The third kappa shape index (κ3) is 3.65. The molecule has 1 saturated carbocycles. The van der Waals surface area contributed by atoms with E-state index in [4.69, 9.17) is 4.74 Å². The van der Waals surface area contributed by atoms with Crippen LogP contribution in [0.5, 0.6) is 0 Å². The highest BCUT2D eigenvalue weighted by molar-refractivity contribution is 7.99. The predicted octanol–water partition coefficient (Wildman–Crippen LogP) is 0.696. The molecule has 1 amide bonds. The lowest BCUT2D eigenvalue weighted by atomic mass is 10.0. The molecule has 2 fully saturated rings. The van der Waals surface area contributed by atoms with Crippen LogP contribution >= 0.6 is 11.8 Å². The summed E-state index contributed by atoms with van der Waals surface area (Å²) in [5.74, 6) is 0.906. The normalized spacial score (nSPS) is 19.9. The van der Waals surface area contributed by atoms with Crippen molar-refractivity contribution >= 4 is 23.6 Å². The van der Waals surface area contributed by atoms with E-state index in [1.807, 2.05) is 11.6 Å². The second kappa shape index (κ2) is 7.40. The number of hydrogen-bond acceptors (Lipinski definition) is 7. The highest BCUT2D eigenvalue weighted by Crippen LogP contribution is 2.29. The number of ether oxygens (including phenoxy) is 1. The van der Waals surface area contributed by atoms with Crippen LogP contribution in [0.1, 0.15) is 25.7 Å². The lowest BCUT2D eigenvalue weighted by Gasteiger charge is -2.27. The Morgan fingerprint density at radius 2 is 2.08 bits per heavy atom. The number of aromatic nitrogens is 3. The highest BCUT2D eigenvalue weighted by Gasteiger charge is 2.35. The first-order chi connectivity index (χ1) is 11.6. The first kappa shape index (κ1) is 17.0. The maximum atomic E-state index is 12.2. The average Bonchev–Trinajstić information content (AvgIpc) is 3.21. The molecular formula is C15H22N6O2S. The molecule has 1 aromatic rings. The third-order valence-electron chi connectivity index (χ3n) is 4.49. The minimum absolute atomic E-state index is 0.126. The van der Waals surface area contributed by atoms with Crippen LogP contribution in [0.3, 0.4) is 0 Å². The van der Waals surface area contributed by atoms with Crippen LogP contribution in [0.25, 0.3) is 0 Å². The molecule has 24 heavy (non-hydrogen) atoms. The van der Waals surface area contributed by atoms with Gasteiger partial charge in [0.25, 0.3) is 0 Å². The van der Waals surface area contributed by atoms with Crippen molar-refractivity contribution in [3.05, 3.63) is 0 Å². The van der Waals surface area contributed by atoms with Crippen LogP contribution in [0.15, 0.2) is 5.16 Å². The molecule has 0 bridgehead atoms. The van der Waals surface area contributed by atoms with Gasteiger partial charge < -0.3 is 15.0 Å². The summed E-state index contributed by atoms with van der Waals surface area (Å²) in [6.07, 6.45) is 3.47. The number of carbonyl (C=O) groups is 1. The molecule has 0 spiro atoms. The van der Waals surface area contributed by atoms with E-state index >= 15 is 0 Å². The zero-order chi connectivity index (χ0) is 17.0. The van der Waals surface area contributed by atoms with Crippen molar-refractivity contribution in [3.63, 3.8) is 0 Å². The third-order valence-corrected chi connectivity index (χ3v) is 5.51. The Labute approximate surface area is 145 Å². The molecule has 1 aliphatic carbocycles. The molecule has 1 aliphatic heterocycles. The quantitative estimate of drug-likeness (QED) is 0.781. The van der Waals surface area contributed by atoms with Crippen molar-refractivity contribution in [1.29, 1.82) is 5.26 Å². The molecule has 9 heteroatoms. The van der Waals surface area contributed by atoms with Gasteiger partial charge in [-0.15, -0.1) is 10.2 Å². The summed E-state index contributed by atoms with van der Waals surface area (Å²) in [5.41, 5.74) is -0.670. The van der Waals surface area contributed by atoms with E-state index in [1.54, 1.807) is 0 Å². The number of nitrogens with zero attached hydrogens (tertiary/aromatic N) is 5. The molecule has 0 unspecified atom stereocenters. The highest BCUT2D eigenvalue weighted by atomic mass is 32.2. The van der Waals surface area contributed by atoms with Gasteiger partial charge >= 0.3 is 0 Å². The van der Waals surface area contributed by atoms with Crippen LogP contribution in [0.4, 0.5) is 5.95 Å². The summed E-state index contributed by atoms with van der Waals surface area (Å²) in [5, 5.41) is 21.3. The molecule has 2 heterocycles. The fourth-order valence-electron chi connectivity index (χ4n) is 3.15. The first-order valence-electron chi connectivity index (χ1n) is 8.21. The van der Waals surface area contributed by atoms with Gasteiger partial charge in [-0.3, -0.25) is 9.36 Å². The van der Waals surface area contributed by atoms with E-state index in [0.29, 0.717) is 18.4 Å². The largest absolute Gasteiger partial charge is 0.378 e. The SMILES string of the molecule is Cn1c(SCC(=O)NC2(C#N)CCCC2)nnc1N1CCOCC1. The lowest BCUT2D eigenvalue weighted by molar-refractivity contribution is -0.119. The molecule has 1 N–H and O–H groups in total. The summed E-state index contributed by atoms with van der Waals surface area (Å²) < 4.78 is 7.25. The van der Waals surface area contributed by atoms with Crippen LogP contribution in [0, 0.1) is 11.3 Å². The summed E-state index contributed by atoms with van der Waals surface area (Å²) in [7, 11) is 1.90. The van der Waals surface area contributed by atoms with Gasteiger partial charge in [0.15, 0.2) is 5.16 Å². The van der Waals surface area contributed by atoms with Crippen LogP contribution in [-0.2, 0) is 16.6 Å². The van der Waals surface area contributed by atoms with Gasteiger partial charge in [0.05, 0.1) is 25.0 Å². The van der Waals surface area contributed by atoms with Gasteiger partial charge in [0, 0.05) is 20.1 Å². The Bertz CT molecular complexity index is 628. The van der Waals surface area contributed by atoms with Crippen molar-refractivity contribution < 1.29 is 9.53 Å². The molecule has 1 aromatic heterocycles. The van der Waals surface area contributed by atoms with Gasteiger partial charge in [0.2, 0.25) is 11.9 Å². The number of thioether (sulfide) groups is 1. The standard InChI is InChI=1S/C15H22N6O2S/c1-20-13(21-6-8-23-9-7-21)18-19-14(20)24-10-12(22)17-15(11-16)4-2-3-5-15/h2-10H2,1H3,(H,17,22). The van der Waals surface area contributed by atoms with E-state index in [1.165, 1.54) is 11.8 Å². The molecule has 130 valence electrons. The topological polar surface area (TPSA) is 96.1 Å². The summed E-state index contributed by atoms with van der Waals surface area (Å²) in [4.78, 5) is 14.3. The van der Waals surface area contributed by atoms with E-state index in [0.717, 1.165) is 44.7 Å². The molecule has 0 aromatic carbocycles. The average molecular weight is 350 g/mol. The minimum Gasteiger partial charge on any atom is -0.378 e. The van der Waals surface area contributed by atoms with Gasteiger partial charge in [-0.2, -0.15) is 5.26 Å². The van der Waals surface area contributed by atoms with E-state index in [2.05, 4.69) is 26.5 Å². The number of nitriles is 1. The van der Waals surface area contributed by atoms with Crippen molar-refractivity contribution in [3.8, 4) is 6.07 Å². The van der Waals surface area contributed by atoms with Crippen molar-refractivity contribution in [2.45, 2.75) is 36.4 Å². The first-order valence-corrected chi connectivity index (χ1v) is 9.19. The smallest absolute Gasteiger partial charge is 0.231 e. The number of hydrogen-bond donors (Lipinski definition) is 1. The molecule has 2 aliphatic rings. The number of amides is 1. The fourth-order valence-corrected chi connectivity index (χ4v) is 3.85. The molecule has 0 atom stereocenters. The summed E-state index contributed by atoms with van der Waals surface area (Å²) >= 11 is 1.34. The second-order valence-corrected chi connectivity index (χ2v) is 7.12. The molecule has 3 rings (SSSR count). The monoisotopic (exact) mass is 350 g/mol. The molecule has 1 saturated heterocycles. The fraction of sp³-hybridized carbons (Fsp3) is 0.733. The Morgan fingerprint density at radius 1 is 1.38 bits per heavy atom. The summed E-state index contributed by atoms with van der Waals surface area (Å²) in [6.45, 7) is 2.96. The maximum absolute atomic E-state index is 12.2. The zero-order valence-electron chi connectivity index (χ0n) is 13.8. The van der Waals surface area contributed by atoms with Gasteiger partial charge in [-0.1, -0.05) is 11.8 Å². The Kier molecular flexibility index (Phi) is 5.26. The van der Waals surface area contributed by atoms with Gasteiger partial charge in [0.1, 0.15) is 5.54 Å². The second-order valence-electron chi connectivity index (χ2n) is 6.18. The Hall–Kier alpha value is -1.79. The predicted molar refractivity (Wildman–Crippen MR) is 89.7 cm³/mol. The number of rotatable bonds is 5. The number of anilines is 1. The van der Waals surface area contributed by atoms with E-state index in [-0.39, 0.29) is 11.7 Å².